The molecule has 1 aromatic carbocycles. The molecule has 1 aromatic heterocycles. The van der Waals surface area contributed by atoms with E-state index in [1.54, 1.807) is 30.2 Å². The summed E-state index contributed by atoms with van der Waals surface area (Å²) in [5.74, 6) is 0.893. The normalized spacial score (nSPS) is 19.3. The molecule has 4 rings (SSSR count). The quantitative estimate of drug-likeness (QED) is 0.817. The van der Waals surface area contributed by atoms with Crippen LogP contribution in [0.5, 0.6) is 11.5 Å². The molecular weight excluding hydrogens is 368 g/mol. The van der Waals surface area contributed by atoms with Gasteiger partial charge in [0.2, 0.25) is 16.9 Å². The van der Waals surface area contributed by atoms with E-state index in [0.29, 0.717) is 34.8 Å². The van der Waals surface area contributed by atoms with E-state index < -0.39 is 5.92 Å². The second-order valence-electron chi connectivity index (χ2n) is 6.65. The fraction of sp³-hybridized carbons (Fsp3) is 0.444. The molecule has 9 heteroatoms. The van der Waals surface area contributed by atoms with Gasteiger partial charge < -0.3 is 19.7 Å². The number of amides is 2. The van der Waals surface area contributed by atoms with Gasteiger partial charge >= 0.3 is 0 Å². The van der Waals surface area contributed by atoms with E-state index >= 15 is 0 Å². The van der Waals surface area contributed by atoms with Gasteiger partial charge in [0.15, 0.2) is 0 Å². The number of hydrogen-bond acceptors (Lipinski definition) is 7. The van der Waals surface area contributed by atoms with Crippen molar-refractivity contribution in [1.29, 1.82) is 0 Å². The van der Waals surface area contributed by atoms with Crippen LogP contribution in [-0.4, -0.2) is 42.8 Å². The number of carbonyl (C=O) groups is 2. The Labute approximate surface area is 160 Å². The average Bonchev–Trinajstić information content (AvgIpc) is 3.31. The van der Waals surface area contributed by atoms with Gasteiger partial charge in [0.05, 0.1) is 25.8 Å². The van der Waals surface area contributed by atoms with E-state index in [1.165, 1.54) is 18.4 Å². The molecule has 2 aromatic rings. The highest BCUT2D eigenvalue weighted by molar-refractivity contribution is 7.15. The van der Waals surface area contributed by atoms with E-state index in [1.807, 2.05) is 0 Å². The third-order valence-electron chi connectivity index (χ3n) is 4.77. The lowest BCUT2D eigenvalue weighted by atomic mass is 10.1. The van der Waals surface area contributed by atoms with Crippen LogP contribution in [-0.2, 0) is 9.59 Å². The number of rotatable bonds is 6. The van der Waals surface area contributed by atoms with Crippen molar-refractivity contribution in [3.63, 3.8) is 0 Å². The van der Waals surface area contributed by atoms with E-state index in [2.05, 4.69) is 15.5 Å². The summed E-state index contributed by atoms with van der Waals surface area (Å²) in [6, 6.07) is 5.25. The monoisotopic (exact) mass is 388 g/mol. The number of methoxy groups -OCH3 is 2. The van der Waals surface area contributed by atoms with Gasteiger partial charge in [-0.15, -0.1) is 10.2 Å². The molecule has 1 saturated carbocycles. The largest absolute Gasteiger partial charge is 0.497 e. The summed E-state index contributed by atoms with van der Waals surface area (Å²) in [7, 11) is 3.11. The Morgan fingerprint density at radius 3 is 2.78 bits per heavy atom. The molecule has 0 unspecified atom stereocenters. The van der Waals surface area contributed by atoms with E-state index in [-0.39, 0.29) is 18.2 Å². The van der Waals surface area contributed by atoms with Crippen LogP contribution in [0.4, 0.5) is 10.8 Å². The van der Waals surface area contributed by atoms with Gasteiger partial charge in [-0.05, 0) is 25.0 Å². The summed E-state index contributed by atoms with van der Waals surface area (Å²) in [4.78, 5) is 26.7. The topological polar surface area (TPSA) is 93.6 Å². The van der Waals surface area contributed by atoms with Crippen LogP contribution in [0, 0.1) is 5.92 Å². The molecule has 1 saturated heterocycles. The van der Waals surface area contributed by atoms with Crippen molar-refractivity contribution in [2.24, 2.45) is 5.92 Å². The van der Waals surface area contributed by atoms with Crippen LogP contribution in [0.2, 0.25) is 0 Å². The van der Waals surface area contributed by atoms with Gasteiger partial charge in [-0.25, -0.2) is 0 Å². The van der Waals surface area contributed by atoms with Crippen LogP contribution in [0.25, 0.3) is 0 Å². The van der Waals surface area contributed by atoms with Gasteiger partial charge in [-0.1, -0.05) is 11.3 Å². The number of anilines is 2. The van der Waals surface area contributed by atoms with Crippen molar-refractivity contribution in [2.45, 2.75) is 25.2 Å². The summed E-state index contributed by atoms with van der Waals surface area (Å²) in [5, 5.41) is 12.4. The van der Waals surface area contributed by atoms with E-state index in [4.69, 9.17) is 9.47 Å². The van der Waals surface area contributed by atoms with Gasteiger partial charge in [-0.2, -0.15) is 0 Å². The predicted molar refractivity (Wildman–Crippen MR) is 101 cm³/mol. The lowest BCUT2D eigenvalue weighted by Gasteiger charge is -2.20. The maximum absolute atomic E-state index is 12.6. The molecule has 8 nitrogen and oxygen atoms in total. The Kier molecular flexibility index (Phi) is 4.69. The molecule has 2 heterocycles. The SMILES string of the molecule is COc1ccc(N2C[C@H](C(=O)Nc3nnc(C4CC4)s3)CC2=O)c(OC)c1. The Hall–Kier alpha value is -2.68. The second-order valence-corrected chi connectivity index (χ2v) is 7.66. The number of benzene rings is 1. The van der Waals surface area contributed by atoms with Crippen LogP contribution in [0.1, 0.15) is 30.2 Å². The third-order valence-corrected chi connectivity index (χ3v) is 5.77. The van der Waals surface area contributed by atoms with Gasteiger partial charge in [0.25, 0.3) is 0 Å². The van der Waals surface area contributed by atoms with E-state index in [9.17, 15) is 9.59 Å². The molecule has 142 valence electrons. The lowest BCUT2D eigenvalue weighted by molar-refractivity contribution is -0.122. The minimum atomic E-state index is -0.447. The highest BCUT2D eigenvalue weighted by atomic mass is 32.1. The Morgan fingerprint density at radius 1 is 1.26 bits per heavy atom. The molecular formula is C18H20N4O4S. The highest BCUT2D eigenvalue weighted by Crippen LogP contribution is 2.42. The fourth-order valence-electron chi connectivity index (χ4n) is 3.11. The molecule has 1 aliphatic carbocycles. The second kappa shape index (κ2) is 7.15. The molecule has 1 atom stereocenters. The molecule has 0 radical (unpaired) electrons. The van der Waals surface area contributed by atoms with Crippen molar-refractivity contribution in [1.82, 2.24) is 10.2 Å². The van der Waals surface area contributed by atoms with Gasteiger partial charge in [0.1, 0.15) is 16.5 Å². The van der Waals surface area contributed by atoms with Gasteiger partial charge in [-0.3, -0.25) is 9.59 Å². The van der Waals surface area contributed by atoms with Crippen molar-refractivity contribution in [2.75, 3.05) is 31.0 Å². The van der Waals surface area contributed by atoms with Crippen molar-refractivity contribution in [3.8, 4) is 11.5 Å². The first-order valence-electron chi connectivity index (χ1n) is 8.75. The minimum Gasteiger partial charge on any atom is -0.497 e. The first-order chi connectivity index (χ1) is 13.1. The molecule has 1 N–H and O–H groups in total. The van der Waals surface area contributed by atoms with Gasteiger partial charge in [0, 0.05) is 24.9 Å². The van der Waals surface area contributed by atoms with Crippen molar-refractivity contribution < 1.29 is 19.1 Å². The van der Waals surface area contributed by atoms with Crippen LogP contribution in [0.15, 0.2) is 18.2 Å². The summed E-state index contributed by atoms with van der Waals surface area (Å²) in [6.07, 6.45) is 2.42. The summed E-state index contributed by atoms with van der Waals surface area (Å²) in [6.45, 7) is 0.293. The maximum atomic E-state index is 12.6. The summed E-state index contributed by atoms with van der Waals surface area (Å²) < 4.78 is 10.6. The number of carbonyl (C=O) groups excluding carboxylic acids is 2. The molecule has 2 amide bonds. The fourth-order valence-corrected chi connectivity index (χ4v) is 4.03. The maximum Gasteiger partial charge on any atom is 0.231 e. The first-order valence-corrected chi connectivity index (χ1v) is 9.57. The number of aromatic nitrogens is 2. The first kappa shape index (κ1) is 17.7. The lowest BCUT2D eigenvalue weighted by Crippen LogP contribution is -2.28. The standard InChI is InChI=1S/C18H20N4O4S/c1-25-12-5-6-13(14(8-12)26-2)22-9-11(7-15(22)23)16(24)19-18-21-20-17(27-18)10-3-4-10/h5-6,8,10-11H,3-4,7,9H2,1-2H3,(H,19,21,24)/t11-/m1/s1. The molecule has 27 heavy (non-hydrogen) atoms. The number of hydrogen-bond donors (Lipinski definition) is 1. The van der Waals surface area contributed by atoms with E-state index in [0.717, 1.165) is 17.8 Å². The zero-order valence-electron chi connectivity index (χ0n) is 15.1. The number of nitrogens with one attached hydrogen (secondary N) is 1. The van der Waals surface area contributed by atoms with Crippen LogP contribution >= 0.6 is 11.3 Å². The average molecular weight is 388 g/mol. The van der Waals surface area contributed by atoms with Crippen molar-refractivity contribution in [3.05, 3.63) is 23.2 Å². The Morgan fingerprint density at radius 2 is 2.07 bits per heavy atom. The molecule has 0 bridgehead atoms. The molecule has 1 aliphatic heterocycles. The molecule has 2 fully saturated rings. The smallest absolute Gasteiger partial charge is 0.231 e. The summed E-state index contributed by atoms with van der Waals surface area (Å²) >= 11 is 1.41. The van der Waals surface area contributed by atoms with Crippen molar-refractivity contribution >= 4 is 34.0 Å². The zero-order chi connectivity index (χ0) is 19.0. The van der Waals surface area contributed by atoms with Crippen LogP contribution < -0.4 is 19.7 Å². The Balaban J connectivity index is 1.45. The third kappa shape index (κ3) is 3.59. The zero-order valence-corrected chi connectivity index (χ0v) is 15.9. The summed E-state index contributed by atoms with van der Waals surface area (Å²) in [5.41, 5.74) is 0.630. The molecule has 2 aliphatic rings. The number of ether oxygens (including phenoxy) is 2. The Bertz CT molecular complexity index is 880. The van der Waals surface area contributed by atoms with Crippen LogP contribution in [0.3, 0.4) is 0 Å². The molecule has 0 spiro atoms. The minimum absolute atomic E-state index is 0.116. The highest BCUT2D eigenvalue weighted by Gasteiger charge is 2.37. The predicted octanol–water partition coefficient (Wildman–Crippen LogP) is 2.42. The number of nitrogens with zero attached hydrogens (tertiary/aromatic N) is 3.